The molecule has 3 aliphatic carbocycles. The first-order chi connectivity index (χ1) is 17.6. The third-order valence-electron chi connectivity index (χ3n) is 7.06. The molecule has 0 saturated heterocycles. The second-order valence-electron chi connectivity index (χ2n) is 9.80. The molecular weight excluding hydrogens is 478 g/mol. The molecule has 3 aliphatic rings. The van der Waals surface area contributed by atoms with Gasteiger partial charge in [-0.25, -0.2) is 4.98 Å². The zero-order chi connectivity index (χ0) is 24.6. The maximum Gasteiger partial charge on any atom is 0.254 e. The molecule has 0 radical (unpaired) electrons. The number of carbonyl (C=O) groups excluding carboxylic acids is 2. The lowest BCUT2D eigenvalue weighted by molar-refractivity contribution is -0.117. The summed E-state index contributed by atoms with van der Waals surface area (Å²) in [5.41, 5.74) is 2.44. The number of thiophene rings is 1. The molecule has 0 aromatic carbocycles. The van der Waals surface area contributed by atoms with Crippen molar-refractivity contribution in [3.63, 3.8) is 0 Å². The van der Waals surface area contributed by atoms with Crippen LogP contribution in [0.1, 0.15) is 58.9 Å². The highest BCUT2D eigenvalue weighted by molar-refractivity contribution is 7.17. The Balaban J connectivity index is 1.25. The molecule has 2 fully saturated rings. The molecule has 1 atom stereocenters. The van der Waals surface area contributed by atoms with Gasteiger partial charge in [0.05, 0.1) is 24.6 Å². The number of nitrogens with one attached hydrogen (secondary N) is 3. The Bertz CT molecular complexity index is 1280. The van der Waals surface area contributed by atoms with E-state index in [-0.39, 0.29) is 23.8 Å². The molecule has 2 amide bonds. The second-order valence-corrected chi connectivity index (χ2v) is 10.9. The van der Waals surface area contributed by atoms with Crippen LogP contribution in [-0.4, -0.2) is 45.2 Å². The Morgan fingerprint density at radius 2 is 2.06 bits per heavy atom. The summed E-state index contributed by atoms with van der Waals surface area (Å²) in [5, 5.41) is 18.6. The minimum atomic E-state index is -0.0856. The predicted molar refractivity (Wildman–Crippen MR) is 136 cm³/mol. The number of ether oxygens (including phenoxy) is 1. The Morgan fingerprint density at radius 1 is 1.19 bits per heavy atom. The monoisotopic (exact) mass is 507 g/mol. The van der Waals surface area contributed by atoms with Crippen LogP contribution >= 0.6 is 11.3 Å². The topological polar surface area (TPSA) is 123 Å². The zero-order valence-electron chi connectivity index (χ0n) is 20.1. The summed E-state index contributed by atoms with van der Waals surface area (Å²) in [6.45, 7) is 0.693. The minimum Gasteiger partial charge on any atom is -0.481 e. The first-order valence-electron chi connectivity index (χ1n) is 12.5. The molecule has 36 heavy (non-hydrogen) atoms. The molecule has 0 unspecified atom stereocenters. The zero-order valence-corrected chi connectivity index (χ0v) is 20.9. The Hall–Kier alpha value is -3.47. The van der Waals surface area contributed by atoms with E-state index in [1.807, 2.05) is 10.6 Å². The summed E-state index contributed by atoms with van der Waals surface area (Å²) in [5.74, 6) is 1.76. The van der Waals surface area contributed by atoms with E-state index in [4.69, 9.17) is 4.74 Å². The predicted octanol–water partition coefficient (Wildman–Crippen LogP) is 3.71. The summed E-state index contributed by atoms with van der Waals surface area (Å²) < 4.78 is 7.16. The van der Waals surface area contributed by atoms with Crippen LogP contribution in [0.4, 0.5) is 16.6 Å². The van der Waals surface area contributed by atoms with Gasteiger partial charge in [-0.2, -0.15) is 0 Å². The van der Waals surface area contributed by atoms with E-state index in [2.05, 4.69) is 31.1 Å². The molecule has 2 saturated carbocycles. The number of rotatable bonds is 9. The lowest BCUT2D eigenvalue weighted by Crippen LogP contribution is -2.28. The Kier molecular flexibility index (Phi) is 6.08. The molecule has 6 rings (SSSR count). The highest BCUT2D eigenvalue weighted by atomic mass is 32.1. The van der Waals surface area contributed by atoms with Gasteiger partial charge in [0, 0.05) is 29.4 Å². The summed E-state index contributed by atoms with van der Waals surface area (Å²) in [6.07, 6.45) is 9.99. The van der Waals surface area contributed by atoms with Crippen molar-refractivity contribution in [2.45, 2.75) is 51.0 Å². The summed E-state index contributed by atoms with van der Waals surface area (Å²) in [7, 11) is 1.58. The van der Waals surface area contributed by atoms with Crippen molar-refractivity contribution in [2.75, 3.05) is 24.3 Å². The summed E-state index contributed by atoms with van der Waals surface area (Å²) in [6, 6.07) is 3.74. The number of hydrogen-bond donors (Lipinski definition) is 3. The number of methoxy groups -OCH3 is 1. The average Bonchev–Trinajstić information content (AvgIpc) is 3.82. The fourth-order valence-corrected chi connectivity index (χ4v) is 5.89. The van der Waals surface area contributed by atoms with E-state index in [1.54, 1.807) is 37.0 Å². The lowest BCUT2D eigenvalue weighted by Gasteiger charge is -2.25. The quantitative estimate of drug-likeness (QED) is 0.403. The molecule has 0 aliphatic heterocycles. The standard InChI is InChI=1S/C25H29N7O3S/c1-35-20-9-6-16(12-26-20)29-25-31-28-13-32(25)17-7-8-19-18(10-17)21(23(34)27-11-14-2-3-14)24(36-19)30-22(33)15-4-5-15/h6,9,12-15,17H,2-5,7-8,10-11H2,1H3,(H,27,34)(H,29,31)(H,30,33)/t17-/m0/s1. The van der Waals surface area contributed by atoms with E-state index >= 15 is 0 Å². The Morgan fingerprint density at radius 3 is 2.78 bits per heavy atom. The average molecular weight is 508 g/mol. The molecule has 3 N–H and O–H groups in total. The van der Waals surface area contributed by atoms with Gasteiger partial charge in [0.15, 0.2) is 0 Å². The Labute approximate surface area is 212 Å². The summed E-state index contributed by atoms with van der Waals surface area (Å²) >= 11 is 1.55. The van der Waals surface area contributed by atoms with E-state index in [0.717, 1.165) is 36.9 Å². The van der Waals surface area contributed by atoms with Crippen LogP contribution in [0.25, 0.3) is 0 Å². The number of fused-ring (bicyclic) bond motifs is 1. The van der Waals surface area contributed by atoms with Crippen LogP contribution in [0, 0.1) is 11.8 Å². The van der Waals surface area contributed by atoms with Gasteiger partial charge in [0.25, 0.3) is 5.91 Å². The van der Waals surface area contributed by atoms with Gasteiger partial charge in [-0.15, -0.1) is 21.5 Å². The fraction of sp³-hybridized carbons (Fsp3) is 0.480. The molecule has 188 valence electrons. The number of hydrogen-bond acceptors (Lipinski definition) is 8. The van der Waals surface area contributed by atoms with Gasteiger partial charge in [0.1, 0.15) is 11.3 Å². The van der Waals surface area contributed by atoms with Crippen molar-refractivity contribution in [3.8, 4) is 5.88 Å². The molecule has 0 bridgehead atoms. The molecule has 3 aromatic rings. The van der Waals surface area contributed by atoms with Crippen molar-refractivity contribution >= 4 is 39.8 Å². The lowest BCUT2D eigenvalue weighted by atomic mass is 9.91. The number of amides is 2. The van der Waals surface area contributed by atoms with Crippen molar-refractivity contribution in [3.05, 3.63) is 40.7 Å². The summed E-state index contributed by atoms with van der Waals surface area (Å²) in [4.78, 5) is 31.3. The minimum absolute atomic E-state index is 0.0276. The molecule has 0 spiro atoms. The van der Waals surface area contributed by atoms with E-state index in [1.165, 1.54) is 17.7 Å². The van der Waals surface area contributed by atoms with Crippen LogP contribution < -0.4 is 20.7 Å². The maximum atomic E-state index is 13.3. The van der Waals surface area contributed by atoms with Crippen LogP contribution in [0.2, 0.25) is 0 Å². The number of carbonyl (C=O) groups is 2. The van der Waals surface area contributed by atoms with Gasteiger partial charge in [-0.3, -0.25) is 14.2 Å². The maximum absolute atomic E-state index is 13.3. The molecule has 3 heterocycles. The number of aromatic nitrogens is 4. The van der Waals surface area contributed by atoms with Crippen molar-refractivity contribution in [2.24, 2.45) is 11.8 Å². The number of aryl methyl sites for hydroxylation is 1. The van der Waals surface area contributed by atoms with Gasteiger partial charge in [-0.05, 0) is 62.5 Å². The van der Waals surface area contributed by atoms with Crippen LogP contribution in [0.5, 0.6) is 5.88 Å². The van der Waals surface area contributed by atoms with E-state index in [0.29, 0.717) is 41.3 Å². The van der Waals surface area contributed by atoms with Crippen molar-refractivity contribution in [1.82, 2.24) is 25.1 Å². The molecule has 10 nitrogen and oxygen atoms in total. The largest absolute Gasteiger partial charge is 0.481 e. The van der Waals surface area contributed by atoms with Gasteiger partial charge >= 0.3 is 0 Å². The fourth-order valence-electron chi connectivity index (χ4n) is 4.64. The number of anilines is 3. The highest BCUT2D eigenvalue weighted by Crippen LogP contribution is 2.43. The van der Waals surface area contributed by atoms with Gasteiger partial charge in [0.2, 0.25) is 17.7 Å². The first kappa shape index (κ1) is 23.0. The molecule has 3 aromatic heterocycles. The van der Waals surface area contributed by atoms with Crippen molar-refractivity contribution < 1.29 is 14.3 Å². The highest BCUT2D eigenvalue weighted by Gasteiger charge is 2.35. The first-order valence-corrected chi connectivity index (χ1v) is 13.3. The molecule has 11 heteroatoms. The molecular formula is C25H29N7O3S. The third-order valence-corrected chi connectivity index (χ3v) is 8.27. The van der Waals surface area contributed by atoms with Crippen LogP contribution in [-0.2, 0) is 17.6 Å². The van der Waals surface area contributed by atoms with E-state index in [9.17, 15) is 9.59 Å². The van der Waals surface area contributed by atoms with Gasteiger partial charge in [-0.1, -0.05) is 0 Å². The number of pyridine rings is 1. The van der Waals surface area contributed by atoms with Gasteiger partial charge < -0.3 is 20.7 Å². The SMILES string of the molecule is COc1ccc(Nc2nncn2[C@H]2CCc3sc(NC(=O)C4CC4)c(C(=O)NCC4CC4)c3C2)cn1. The van der Waals surface area contributed by atoms with Crippen molar-refractivity contribution in [1.29, 1.82) is 0 Å². The smallest absolute Gasteiger partial charge is 0.254 e. The van der Waals surface area contributed by atoms with Crippen LogP contribution in [0.15, 0.2) is 24.7 Å². The van der Waals surface area contributed by atoms with E-state index < -0.39 is 0 Å². The normalized spacial score (nSPS) is 18.9. The number of nitrogens with zero attached hydrogens (tertiary/aromatic N) is 4. The second kappa shape index (κ2) is 9.53. The van der Waals surface area contributed by atoms with Crippen LogP contribution in [0.3, 0.4) is 0 Å². The third kappa shape index (κ3) is 4.79.